The third kappa shape index (κ3) is 4.39. The molecule has 30 heavy (non-hydrogen) atoms. The number of carbonyl (C=O) groups excluding carboxylic acids is 3. The second kappa shape index (κ2) is 8.33. The van der Waals surface area contributed by atoms with Crippen molar-refractivity contribution in [2.75, 3.05) is 10.6 Å². The molecule has 0 bridgehead atoms. The predicted octanol–water partition coefficient (Wildman–Crippen LogP) is 3.72. The fraction of sp³-hybridized carbons (Fsp3) is 0.200. The van der Waals surface area contributed by atoms with Crippen LogP contribution >= 0.6 is 23.1 Å². The van der Waals surface area contributed by atoms with Gasteiger partial charge in [0.25, 0.3) is 5.91 Å². The lowest BCUT2D eigenvalue weighted by atomic mass is 10.2. The molecule has 0 radical (unpaired) electrons. The van der Waals surface area contributed by atoms with E-state index in [4.69, 9.17) is 4.42 Å². The minimum absolute atomic E-state index is 0.0778. The lowest BCUT2D eigenvalue weighted by molar-refractivity contribution is -0.119. The second-order valence-electron chi connectivity index (χ2n) is 6.63. The van der Waals surface area contributed by atoms with Crippen LogP contribution in [0.2, 0.25) is 0 Å². The zero-order chi connectivity index (χ0) is 21.3. The maximum Gasteiger partial charge on any atom is 0.257 e. The summed E-state index contributed by atoms with van der Waals surface area (Å²) in [4.78, 5) is 40.8. The Bertz CT molecular complexity index is 1140. The summed E-state index contributed by atoms with van der Waals surface area (Å²) in [6.07, 6.45) is 0. The average molecular weight is 443 g/mol. The van der Waals surface area contributed by atoms with E-state index in [-0.39, 0.29) is 23.0 Å². The van der Waals surface area contributed by atoms with E-state index < -0.39 is 0 Å². The molecule has 0 aliphatic carbocycles. The van der Waals surface area contributed by atoms with E-state index in [1.165, 1.54) is 30.0 Å². The molecule has 154 valence electrons. The molecule has 0 unspecified atom stereocenters. The number of benzene rings is 1. The van der Waals surface area contributed by atoms with Gasteiger partial charge in [0.2, 0.25) is 11.8 Å². The quantitative estimate of drug-likeness (QED) is 0.555. The van der Waals surface area contributed by atoms with E-state index in [0.717, 1.165) is 4.90 Å². The van der Waals surface area contributed by atoms with Crippen molar-refractivity contribution < 1.29 is 18.8 Å². The number of thiazole rings is 1. The van der Waals surface area contributed by atoms with Gasteiger partial charge in [-0.05, 0) is 37.3 Å². The van der Waals surface area contributed by atoms with Crippen LogP contribution in [0.1, 0.15) is 30.0 Å². The normalized spacial score (nSPS) is 15.3. The van der Waals surface area contributed by atoms with E-state index in [0.29, 0.717) is 40.1 Å². The molecule has 0 spiro atoms. The fourth-order valence-corrected chi connectivity index (χ4v) is 4.41. The highest BCUT2D eigenvalue weighted by Gasteiger charge is 2.24. The van der Waals surface area contributed by atoms with Gasteiger partial charge in [-0.25, -0.2) is 4.98 Å². The summed E-state index contributed by atoms with van der Waals surface area (Å²) in [6.45, 7) is 3.58. The van der Waals surface area contributed by atoms with Gasteiger partial charge in [-0.1, -0.05) is 0 Å². The lowest BCUT2D eigenvalue weighted by Gasteiger charge is -2.21. The standard InChI is InChI=1S/C20H18N4O4S2/c1-10-18(26)22-14-7-12(3-6-17(14)30-10)19(27)24-20-23-15(9-29-20)16-5-4-13(28-16)8-21-11(2)25/h3-7,9-10H,8H2,1-2H3,(H,21,25)(H,22,26)(H,23,24,27)/t10-/m0/s1. The van der Waals surface area contributed by atoms with Crippen molar-refractivity contribution in [3.63, 3.8) is 0 Å². The van der Waals surface area contributed by atoms with Gasteiger partial charge in [-0.3, -0.25) is 19.7 Å². The van der Waals surface area contributed by atoms with Gasteiger partial charge in [0.1, 0.15) is 11.5 Å². The molecule has 3 heterocycles. The second-order valence-corrected chi connectivity index (χ2v) is 8.87. The third-order valence-electron chi connectivity index (χ3n) is 4.32. The zero-order valence-corrected chi connectivity index (χ0v) is 17.8. The fourth-order valence-electron chi connectivity index (χ4n) is 2.79. The zero-order valence-electron chi connectivity index (χ0n) is 16.1. The monoisotopic (exact) mass is 442 g/mol. The van der Waals surface area contributed by atoms with E-state index in [1.54, 1.807) is 29.6 Å². The lowest BCUT2D eigenvalue weighted by Crippen LogP contribution is -2.26. The summed E-state index contributed by atoms with van der Waals surface area (Å²) in [5, 5.41) is 10.3. The maximum atomic E-state index is 12.6. The van der Waals surface area contributed by atoms with Crippen LogP contribution in [0.4, 0.5) is 10.8 Å². The van der Waals surface area contributed by atoms with Gasteiger partial charge in [-0.2, -0.15) is 0 Å². The summed E-state index contributed by atoms with van der Waals surface area (Å²) >= 11 is 2.74. The molecule has 3 N–H and O–H groups in total. The Kier molecular flexibility index (Phi) is 5.60. The van der Waals surface area contributed by atoms with E-state index in [1.807, 2.05) is 13.0 Å². The Morgan fingerprint density at radius 3 is 2.90 bits per heavy atom. The topological polar surface area (TPSA) is 113 Å². The molecule has 3 aromatic rings. The molecule has 1 atom stereocenters. The molecule has 4 rings (SSSR count). The van der Waals surface area contributed by atoms with Crippen LogP contribution in [-0.2, 0) is 16.1 Å². The van der Waals surface area contributed by atoms with Gasteiger partial charge in [0.05, 0.1) is 17.5 Å². The molecule has 8 nitrogen and oxygen atoms in total. The molecule has 0 fully saturated rings. The smallest absolute Gasteiger partial charge is 0.257 e. The molecular weight excluding hydrogens is 424 g/mol. The molecule has 1 aliphatic heterocycles. The number of nitrogens with one attached hydrogen (secondary N) is 3. The first-order chi connectivity index (χ1) is 14.4. The number of thioether (sulfide) groups is 1. The molecule has 0 saturated carbocycles. The summed E-state index contributed by atoms with van der Waals surface area (Å²) in [7, 11) is 0. The summed E-state index contributed by atoms with van der Waals surface area (Å²) < 4.78 is 5.68. The van der Waals surface area contributed by atoms with Crippen LogP contribution in [0.25, 0.3) is 11.5 Å². The Morgan fingerprint density at radius 1 is 1.27 bits per heavy atom. The van der Waals surface area contributed by atoms with Crippen molar-refractivity contribution in [1.29, 1.82) is 0 Å². The Hall–Kier alpha value is -3.11. The number of amides is 3. The van der Waals surface area contributed by atoms with E-state index in [9.17, 15) is 14.4 Å². The van der Waals surface area contributed by atoms with Crippen molar-refractivity contribution in [3.8, 4) is 11.5 Å². The highest BCUT2D eigenvalue weighted by atomic mass is 32.2. The largest absolute Gasteiger partial charge is 0.458 e. The number of hydrogen-bond acceptors (Lipinski definition) is 7. The van der Waals surface area contributed by atoms with Gasteiger partial charge >= 0.3 is 0 Å². The van der Waals surface area contributed by atoms with Crippen LogP contribution < -0.4 is 16.0 Å². The SMILES string of the molecule is CC(=O)NCc1ccc(-c2csc(NC(=O)c3ccc4c(c3)NC(=O)[C@H](C)S4)n2)o1. The highest BCUT2D eigenvalue weighted by Crippen LogP contribution is 2.36. The molecule has 2 aromatic heterocycles. The van der Waals surface area contributed by atoms with Crippen molar-refractivity contribution >= 4 is 51.6 Å². The van der Waals surface area contributed by atoms with Crippen molar-refractivity contribution in [2.24, 2.45) is 0 Å². The van der Waals surface area contributed by atoms with E-state index >= 15 is 0 Å². The first-order valence-electron chi connectivity index (χ1n) is 9.11. The minimum atomic E-state index is -0.317. The van der Waals surface area contributed by atoms with Gasteiger partial charge in [-0.15, -0.1) is 23.1 Å². The van der Waals surface area contributed by atoms with E-state index in [2.05, 4.69) is 20.9 Å². The Balaban J connectivity index is 1.44. The number of fused-ring (bicyclic) bond motifs is 1. The highest BCUT2D eigenvalue weighted by molar-refractivity contribution is 8.00. The van der Waals surface area contributed by atoms with Gasteiger partial charge in [0.15, 0.2) is 10.9 Å². The number of carbonyl (C=O) groups is 3. The van der Waals surface area contributed by atoms with Gasteiger partial charge < -0.3 is 15.1 Å². The minimum Gasteiger partial charge on any atom is -0.458 e. The number of nitrogens with zero attached hydrogens (tertiary/aromatic N) is 1. The third-order valence-corrected chi connectivity index (χ3v) is 6.26. The van der Waals surface area contributed by atoms with Crippen molar-refractivity contribution in [1.82, 2.24) is 10.3 Å². The summed E-state index contributed by atoms with van der Waals surface area (Å²) in [5.74, 6) is 0.631. The number of rotatable bonds is 5. The van der Waals surface area contributed by atoms with Crippen LogP contribution in [0.5, 0.6) is 0 Å². The first-order valence-corrected chi connectivity index (χ1v) is 10.9. The molecule has 0 saturated heterocycles. The molecular formula is C20H18N4O4S2. The first kappa shape index (κ1) is 20.2. The molecule has 1 aliphatic rings. The number of hydrogen-bond donors (Lipinski definition) is 3. The van der Waals surface area contributed by atoms with Crippen LogP contribution in [0, 0.1) is 0 Å². The maximum absolute atomic E-state index is 12.6. The number of furan rings is 1. The Morgan fingerprint density at radius 2 is 2.10 bits per heavy atom. The van der Waals surface area contributed by atoms with Gasteiger partial charge in [0, 0.05) is 22.8 Å². The summed E-state index contributed by atoms with van der Waals surface area (Å²) in [6, 6.07) is 8.75. The number of anilines is 2. The predicted molar refractivity (Wildman–Crippen MR) is 116 cm³/mol. The van der Waals surface area contributed by atoms with Crippen LogP contribution in [-0.4, -0.2) is 28.0 Å². The van der Waals surface area contributed by atoms with Crippen molar-refractivity contribution in [2.45, 2.75) is 30.5 Å². The molecule has 3 amide bonds. The molecule has 1 aromatic carbocycles. The summed E-state index contributed by atoms with van der Waals surface area (Å²) in [5.41, 5.74) is 1.65. The molecule has 10 heteroatoms. The Labute approximate surface area is 180 Å². The van der Waals surface area contributed by atoms with Crippen molar-refractivity contribution in [3.05, 3.63) is 47.0 Å². The van der Waals surface area contributed by atoms with Crippen LogP contribution in [0.3, 0.4) is 0 Å². The average Bonchev–Trinajstić information content (AvgIpc) is 3.36. The van der Waals surface area contributed by atoms with Crippen LogP contribution in [0.15, 0.2) is 45.0 Å². The number of aromatic nitrogens is 1.